The van der Waals surface area contributed by atoms with Crippen LogP contribution in [0.2, 0.25) is 0 Å². The van der Waals surface area contributed by atoms with E-state index in [1.54, 1.807) is 90.1 Å². The molecule has 0 fully saturated rings. The Bertz CT molecular complexity index is 1410. The van der Waals surface area contributed by atoms with Gasteiger partial charge in [0.05, 0.1) is 18.8 Å². The summed E-state index contributed by atoms with van der Waals surface area (Å²) in [6, 6.07) is 22.3. The molecule has 1 unspecified atom stereocenters. The molecular weight excluding hydrogens is 508 g/mol. The second-order valence-electron chi connectivity index (χ2n) is 11.7. The average molecular weight is 545 g/mol. The van der Waals surface area contributed by atoms with Crippen LogP contribution in [0.15, 0.2) is 78.9 Å². The molecule has 8 heteroatoms. The van der Waals surface area contributed by atoms with Gasteiger partial charge >= 0.3 is 12.2 Å². The highest BCUT2D eigenvalue weighted by molar-refractivity contribution is 6.23. The second kappa shape index (κ2) is 10.7. The Balaban J connectivity index is 2.04. The van der Waals surface area contributed by atoms with Crippen molar-refractivity contribution in [2.45, 2.75) is 64.2 Å². The number of amides is 3. The second-order valence-corrected chi connectivity index (χ2v) is 11.7. The third-order valence-corrected chi connectivity index (χ3v) is 6.44. The lowest BCUT2D eigenvalue weighted by atomic mass is 9.67. The lowest BCUT2D eigenvalue weighted by molar-refractivity contribution is -0.122. The van der Waals surface area contributed by atoms with Crippen LogP contribution in [-0.4, -0.2) is 36.4 Å². The van der Waals surface area contributed by atoms with Crippen molar-refractivity contribution < 1.29 is 28.6 Å². The molecule has 0 aromatic heterocycles. The zero-order valence-electron chi connectivity index (χ0n) is 24.0. The number of carbonyl (C=O) groups is 3. The molecule has 3 aromatic carbocycles. The molecule has 0 saturated heterocycles. The minimum Gasteiger partial charge on any atom is -0.497 e. The average Bonchev–Trinajstić information content (AvgIpc) is 3.14. The molecule has 0 radical (unpaired) electrons. The van der Waals surface area contributed by atoms with E-state index in [2.05, 4.69) is 5.32 Å². The Kier molecular flexibility index (Phi) is 7.65. The number of methoxy groups -OCH3 is 1. The van der Waals surface area contributed by atoms with Crippen LogP contribution in [-0.2, 0) is 19.7 Å². The molecule has 1 N–H and O–H groups in total. The van der Waals surface area contributed by atoms with Crippen molar-refractivity contribution in [1.82, 2.24) is 5.32 Å². The molecule has 210 valence electrons. The van der Waals surface area contributed by atoms with Gasteiger partial charge in [-0.25, -0.2) is 14.5 Å². The number of alkyl carbamates (subject to hydrolysis) is 1. The highest BCUT2D eigenvalue weighted by atomic mass is 16.6. The number of hydrogen-bond donors (Lipinski definition) is 1. The van der Waals surface area contributed by atoms with E-state index < -0.39 is 40.8 Å². The van der Waals surface area contributed by atoms with E-state index in [1.165, 1.54) is 7.11 Å². The predicted molar refractivity (Wildman–Crippen MR) is 152 cm³/mol. The largest absolute Gasteiger partial charge is 0.497 e. The maximum atomic E-state index is 14.9. The van der Waals surface area contributed by atoms with Crippen molar-refractivity contribution in [3.8, 4) is 5.75 Å². The Morgan fingerprint density at radius 1 is 0.825 bits per heavy atom. The zero-order chi connectivity index (χ0) is 29.3. The first-order chi connectivity index (χ1) is 18.8. The van der Waals surface area contributed by atoms with E-state index in [0.717, 1.165) is 4.90 Å². The first kappa shape index (κ1) is 28.7. The van der Waals surface area contributed by atoms with E-state index in [1.807, 2.05) is 30.3 Å². The van der Waals surface area contributed by atoms with Gasteiger partial charge in [0.15, 0.2) is 0 Å². The number of carbonyl (C=O) groups excluding carboxylic acids is 3. The van der Waals surface area contributed by atoms with E-state index in [4.69, 9.17) is 14.2 Å². The molecule has 0 bridgehead atoms. The van der Waals surface area contributed by atoms with E-state index >= 15 is 0 Å². The van der Waals surface area contributed by atoms with E-state index in [-0.39, 0.29) is 0 Å². The molecule has 1 aliphatic heterocycles. The minimum absolute atomic E-state index is 0.372. The monoisotopic (exact) mass is 544 g/mol. The third-order valence-electron chi connectivity index (χ3n) is 6.44. The summed E-state index contributed by atoms with van der Waals surface area (Å²) in [6.45, 7) is 10.5. The van der Waals surface area contributed by atoms with Gasteiger partial charge in [-0.3, -0.25) is 4.79 Å². The molecule has 4 rings (SSSR count). The summed E-state index contributed by atoms with van der Waals surface area (Å²) in [5.41, 5.74) is -1.14. The van der Waals surface area contributed by atoms with Crippen LogP contribution in [0.4, 0.5) is 15.3 Å². The van der Waals surface area contributed by atoms with Crippen LogP contribution in [0.3, 0.4) is 0 Å². The molecule has 2 atom stereocenters. The summed E-state index contributed by atoms with van der Waals surface area (Å²) >= 11 is 0. The standard InChI is InChI=1S/C32H36N2O6/c1-30(2,3)39-28(36)33-26(21-14-9-8-10-15-21)32(22-16-13-17-23(20-22)38-7)24-18-11-12-19-25(24)34(27(32)35)29(37)40-31(4,5)6/h8-20,26H,1-7H3,(H,33,36)/t26-,32?/m0/s1. The van der Waals surface area contributed by atoms with Gasteiger partial charge in [0, 0.05) is 0 Å². The molecule has 1 aliphatic rings. The highest BCUT2D eigenvalue weighted by Gasteiger charge is 2.60. The summed E-state index contributed by atoms with van der Waals surface area (Å²) in [6.07, 6.45) is -1.51. The smallest absolute Gasteiger partial charge is 0.421 e. The summed E-state index contributed by atoms with van der Waals surface area (Å²) in [5.74, 6) is -0.0527. The Hall–Kier alpha value is -4.33. The number of hydrogen-bond acceptors (Lipinski definition) is 6. The van der Waals surface area contributed by atoms with Crippen LogP contribution in [0.1, 0.15) is 64.3 Å². The Morgan fingerprint density at radius 2 is 1.45 bits per heavy atom. The lowest BCUT2D eigenvalue weighted by Crippen LogP contribution is -2.53. The van der Waals surface area contributed by atoms with Crippen LogP contribution in [0, 0.1) is 0 Å². The van der Waals surface area contributed by atoms with Gasteiger partial charge in [-0.15, -0.1) is 0 Å². The minimum atomic E-state index is -1.58. The van der Waals surface area contributed by atoms with Crippen molar-refractivity contribution in [2.75, 3.05) is 12.0 Å². The lowest BCUT2D eigenvalue weighted by Gasteiger charge is -2.38. The topological polar surface area (TPSA) is 94.2 Å². The van der Waals surface area contributed by atoms with E-state index in [0.29, 0.717) is 28.1 Å². The van der Waals surface area contributed by atoms with Crippen molar-refractivity contribution in [1.29, 1.82) is 0 Å². The van der Waals surface area contributed by atoms with Gasteiger partial charge < -0.3 is 19.5 Å². The molecule has 0 aliphatic carbocycles. The molecule has 0 spiro atoms. The molecule has 3 amide bonds. The quantitative estimate of drug-likeness (QED) is 0.393. The fourth-order valence-electron chi connectivity index (χ4n) is 5.00. The molecular formula is C32H36N2O6. The molecule has 40 heavy (non-hydrogen) atoms. The molecule has 8 nitrogen and oxygen atoms in total. The Morgan fingerprint density at radius 3 is 2.08 bits per heavy atom. The van der Waals surface area contributed by atoms with Gasteiger partial charge in [-0.2, -0.15) is 0 Å². The van der Waals surface area contributed by atoms with Gasteiger partial charge in [0.2, 0.25) is 0 Å². The number of nitrogens with one attached hydrogen (secondary N) is 1. The molecule has 1 heterocycles. The summed E-state index contributed by atoms with van der Waals surface area (Å²) in [4.78, 5) is 42.9. The van der Waals surface area contributed by atoms with Crippen molar-refractivity contribution >= 4 is 23.8 Å². The van der Waals surface area contributed by atoms with Crippen molar-refractivity contribution in [3.63, 3.8) is 0 Å². The van der Waals surface area contributed by atoms with E-state index in [9.17, 15) is 14.4 Å². The molecule has 3 aromatic rings. The first-order valence-corrected chi connectivity index (χ1v) is 13.1. The Labute approximate surface area is 235 Å². The number of para-hydroxylation sites is 1. The van der Waals surface area contributed by atoms with Gasteiger partial charge in [-0.05, 0) is 76.4 Å². The third kappa shape index (κ3) is 5.52. The van der Waals surface area contributed by atoms with Crippen LogP contribution in [0.25, 0.3) is 0 Å². The summed E-state index contributed by atoms with van der Waals surface area (Å²) in [5, 5.41) is 2.99. The predicted octanol–water partition coefficient (Wildman–Crippen LogP) is 6.53. The van der Waals surface area contributed by atoms with Crippen LogP contribution in [0.5, 0.6) is 5.75 Å². The highest BCUT2D eigenvalue weighted by Crippen LogP contribution is 2.53. The van der Waals surface area contributed by atoms with Crippen molar-refractivity contribution in [2.24, 2.45) is 0 Å². The maximum Gasteiger partial charge on any atom is 0.421 e. The number of fused-ring (bicyclic) bond motifs is 1. The maximum absolute atomic E-state index is 14.9. The number of benzene rings is 3. The zero-order valence-corrected chi connectivity index (χ0v) is 24.0. The number of imide groups is 1. The normalized spacial score (nSPS) is 17.6. The van der Waals surface area contributed by atoms with Gasteiger partial charge in [0.1, 0.15) is 22.4 Å². The molecule has 0 saturated carbocycles. The summed E-state index contributed by atoms with van der Waals surface area (Å²) < 4.78 is 16.9. The van der Waals surface area contributed by atoms with Crippen LogP contribution < -0.4 is 15.0 Å². The fourth-order valence-corrected chi connectivity index (χ4v) is 5.00. The van der Waals surface area contributed by atoms with Gasteiger partial charge in [0.25, 0.3) is 5.91 Å². The number of rotatable bonds is 5. The SMILES string of the molecule is COc1cccc(C2([C@@H](NC(=O)OC(C)(C)C)c3ccccc3)C(=O)N(C(=O)OC(C)(C)C)c3ccccc32)c1. The number of nitrogens with zero attached hydrogens (tertiary/aromatic N) is 1. The van der Waals surface area contributed by atoms with Crippen LogP contribution >= 0.6 is 0 Å². The van der Waals surface area contributed by atoms with Crippen molar-refractivity contribution in [3.05, 3.63) is 95.6 Å². The number of ether oxygens (including phenoxy) is 3. The van der Waals surface area contributed by atoms with Gasteiger partial charge in [-0.1, -0.05) is 60.7 Å². The first-order valence-electron chi connectivity index (χ1n) is 13.1. The number of anilines is 1. The summed E-state index contributed by atoms with van der Waals surface area (Å²) in [7, 11) is 1.54. The fraction of sp³-hybridized carbons (Fsp3) is 0.344.